The molecule has 9 aromatic carbocycles. The zero-order valence-corrected chi connectivity index (χ0v) is 40.7. The Morgan fingerprint density at radius 3 is 1.13 bits per heavy atom. The van der Waals surface area contributed by atoms with Gasteiger partial charge in [-0.1, -0.05) is 115 Å². The fourth-order valence-electron chi connectivity index (χ4n) is 11.9. The minimum atomic E-state index is 0.551. The van der Waals surface area contributed by atoms with Crippen LogP contribution in [0.4, 0.5) is 0 Å². The minimum absolute atomic E-state index is 0.551. The van der Waals surface area contributed by atoms with Crippen LogP contribution in [0.2, 0.25) is 0 Å². The summed E-state index contributed by atoms with van der Waals surface area (Å²) in [5.41, 5.74) is 17.2. The molecule has 0 fully saturated rings. The van der Waals surface area contributed by atoms with Gasteiger partial charge in [-0.15, -0.1) is 0 Å². The first-order valence-electron chi connectivity index (χ1n) is 25.5. The normalized spacial score (nSPS) is 11.9. The molecular weight excluding hydrogens is 931 g/mol. The molecule has 0 aliphatic carbocycles. The van der Waals surface area contributed by atoms with Gasteiger partial charge in [-0.05, 0) is 121 Å². The first-order valence-corrected chi connectivity index (χ1v) is 25.5. The molecule has 76 heavy (non-hydrogen) atoms. The number of para-hydroxylation sites is 7. The van der Waals surface area contributed by atoms with Crippen molar-refractivity contribution in [3.63, 3.8) is 0 Å². The van der Waals surface area contributed by atoms with E-state index < -0.39 is 0 Å². The lowest BCUT2D eigenvalue weighted by atomic mass is 10.1. The maximum atomic E-state index is 5.46. The van der Waals surface area contributed by atoms with Crippen molar-refractivity contribution < 1.29 is 0 Å². The Bertz CT molecular complexity index is 4680. The van der Waals surface area contributed by atoms with Gasteiger partial charge in [0.15, 0.2) is 17.5 Å². The smallest absolute Gasteiger partial charge is 0.166 e. The molecule has 7 aromatic heterocycles. The maximum absolute atomic E-state index is 5.46. The largest absolute Gasteiger partial charge is 0.309 e. The first-order chi connectivity index (χ1) is 37.7. The fraction of sp³-hybridized carbons (Fsp3) is 0. The molecule has 0 N–H and O–H groups in total. The topological polar surface area (TPSA) is 84.2 Å². The molecule has 0 spiro atoms. The van der Waals surface area contributed by atoms with Gasteiger partial charge in [-0.2, -0.15) is 0 Å². The quantitative estimate of drug-likeness (QED) is 0.159. The average molecular weight is 972 g/mol. The number of nitrogens with zero attached hydrogens (tertiary/aromatic N) is 9. The maximum Gasteiger partial charge on any atom is 0.166 e. The standard InChI is InChI=1S/C67H41N9/c1-8-24-53-45(17-1)46-18-2-9-25-54(46)74(53)44-37-38-60-52(41-44)47-19-3-10-26-55(47)73(60)43-35-33-42(34-36-43)65-70-66(50-22-6-13-29-58(50)75-56-27-11-4-20-48(56)63-61(75)31-15-39-68-63)72-67(71-65)51-23-7-14-30-59(51)76-57-28-12-5-21-49(57)64-62(76)32-16-40-69-64/h1-41H. The SMILES string of the molecule is c1ccc(-n2c3ccccc3c3ncccc32)c(-c2nc(-c3ccc(-n4c5ccccc5c5cc(-n6c7ccccc7c7ccccc76)ccc54)cc3)nc(-c3ccccc3-n3c4ccccc4c4ncccc43)n2)c1. The van der Waals surface area contributed by atoms with E-state index in [0.717, 1.165) is 94.3 Å². The molecule has 0 unspecified atom stereocenters. The summed E-state index contributed by atoms with van der Waals surface area (Å²) in [5, 5.41) is 7.01. The predicted octanol–water partition coefficient (Wildman–Crippen LogP) is 16.1. The van der Waals surface area contributed by atoms with E-state index >= 15 is 0 Å². The Hall–Kier alpha value is -10.5. The number of fused-ring (bicyclic) bond motifs is 12. The van der Waals surface area contributed by atoms with Gasteiger partial charge >= 0.3 is 0 Å². The van der Waals surface area contributed by atoms with Crippen molar-refractivity contribution in [3.8, 4) is 56.9 Å². The molecule has 0 radical (unpaired) electrons. The summed E-state index contributed by atoms with van der Waals surface area (Å²) in [7, 11) is 0. The van der Waals surface area contributed by atoms with Crippen LogP contribution in [-0.2, 0) is 0 Å². The van der Waals surface area contributed by atoms with Crippen LogP contribution < -0.4 is 0 Å². The van der Waals surface area contributed by atoms with Gasteiger partial charge in [-0.25, -0.2) is 15.0 Å². The summed E-state index contributed by atoms with van der Waals surface area (Å²) in [6, 6.07) is 83.4. The van der Waals surface area contributed by atoms with E-state index in [9.17, 15) is 0 Å². The van der Waals surface area contributed by atoms with Crippen molar-refractivity contribution in [1.82, 2.24) is 43.2 Å². The zero-order valence-electron chi connectivity index (χ0n) is 40.7. The van der Waals surface area contributed by atoms with Gasteiger partial charge in [0.2, 0.25) is 0 Å². The summed E-state index contributed by atoms with van der Waals surface area (Å²) < 4.78 is 9.31. The van der Waals surface area contributed by atoms with Crippen molar-refractivity contribution in [3.05, 3.63) is 249 Å². The molecule has 16 aromatic rings. The second-order valence-electron chi connectivity index (χ2n) is 19.3. The van der Waals surface area contributed by atoms with Gasteiger partial charge in [0.25, 0.3) is 0 Å². The van der Waals surface area contributed by atoms with Crippen molar-refractivity contribution in [1.29, 1.82) is 0 Å². The molecule has 9 heteroatoms. The number of aromatic nitrogens is 9. The molecule has 354 valence electrons. The molecule has 0 bridgehead atoms. The van der Waals surface area contributed by atoms with Gasteiger partial charge in [-0.3, -0.25) is 9.97 Å². The van der Waals surface area contributed by atoms with E-state index in [1.807, 2.05) is 24.5 Å². The molecule has 16 rings (SSSR count). The lowest BCUT2D eigenvalue weighted by molar-refractivity contribution is 1.06. The number of hydrogen-bond donors (Lipinski definition) is 0. The monoisotopic (exact) mass is 971 g/mol. The van der Waals surface area contributed by atoms with Gasteiger partial charge in [0.1, 0.15) is 0 Å². The van der Waals surface area contributed by atoms with Gasteiger partial charge < -0.3 is 18.3 Å². The molecule has 0 saturated carbocycles. The summed E-state index contributed by atoms with van der Waals surface area (Å²) in [6.07, 6.45) is 3.72. The third kappa shape index (κ3) is 6.23. The Balaban J connectivity index is 0.884. The Labute approximate surface area is 434 Å². The molecule has 0 aliphatic rings. The van der Waals surface area contributed by atoms with E-state index in [2.05, 4.69) is 243 Å². The molecular formula is C67H41N9. The second-order valence-corrected chi connectivity index (χ2v) is 19.3. The van der Waals surface area contributed by atoms with Gasteiger partial charge in [0.05, 0.1) is 66.5 Å². The van der Waals surface area contributed by atoms with Crippen LogP contribution in [-0.4, -0.2) is 43.2 Å². The van der Waals surface area contributed by atoms with Crippen molar-refractivity contribution in [2.24, 2.45) is 0 Å². The van der Waals surface area contributed by atoms with Gasteiger partial charge in [0, 0.05) is 72.8 Å². The van der Waals surface area contributed by atoms with Crippen molar-refractivity contribution >= 4 is 87.5 Å². The minimum Gasteiger partial charge on any atom is -0.309 e. The van der Waals surface area contributed by atoms with Crippen LogP contribution in [0.5, 0.6) is 0 Å². The highest BCUT2D eigenvalue weighted by atomic mass is 15.1. The highest BCUT2D eigenvalue weighted by molar-refractivity contribution is 6.13. The van der Waals surface area contributed by atoms with E-state index in [1.54, 1.807) is 0 Å². The first kappa shape index (κ1) is 42.0. The molecule has 9 nitrogen and oxygen atoms in total. The second kappa shape index (κ2) is 16.5. The third-order valence-corrected chi connectivity index (χ3v) is 15.1. The fourth-order valence-corrected chi connectivity index (χ4v) is 11.9. The number of hydrogen-bond acceptors (Lipinski definition) is 5. The van der Waals surface area contributed by atoms with E-state index in [1.165, 1.54) is 32.6 Å². The average Bonchev–Trinajstić information content (AvgIpc) is 4.24. The summed E-state index contributed by atoms with van der Waals surface area (Å²) in [4.78, 5) is 26.0. The molecule has 0 saturated heterocycles. The summed E-state index contributed by atoms with van der Waals surface area (Å²) in [5.74, 6) is 1.66. The van der Waals surface area contributed by atoms with Crippen LogP contribution in [0.3, 0.4) is 0 Å². The van der Waals surface area contributed by atoms with Crippen molar-refractivity contribution in [2.75, 3.05) is 0 Å². The number of pyridine rings is 2. The van der Waals surface area contributed by atoms with E-state index in [0.29, 0.717) is 17.5 Å². The Kier molecular flexibility index (Phi) is 9.13. The van der Waals surface area contributed by atoms with Crippen LogP contribution >= 0.6 is 0 Å². The molecule has 0 atom stereocenters. The van der Waals surface area contributed by atoms with E-state index in [4.69, 9.17) is 24.9 Å². The summed E-state index contributed by atoms with van der Waals surface area (Å²) >= 11 is 0. The highest BCUT2D eigenvalue weighted by Crippen LogP contribution is 2.40. The van der Waals surface area contributed by atoms with E-state index in [-0.39, 0.29) is 0 Å². The van der Waals surface area contributed by atoms with Crippen LogP contribution in [0.15, 0.2) is 249 Å². The number of benzene rings is 9. The van der Waals surface area contributed by atoms with Crippen LogP contribution in [0, 0.1) is 0 Å². The van der Waals surface area contributed by atoms with Crippen LogP contribution in [0.1, 0.15) is 0 Å². The van der Waals surface area contributed by atoms with Crippen molar-refractivity contribution in [2.45, 2.75) is 0 Å². The third-order valence-electron chi connectivity index (χ3n) is 15.1. The molecule has 0 aliphatic heterocycles. The Morgan fingerprint density at radius 1 is 0.250 bits per heavy atom. The highest BCUT2D eigenvalue weighted by Gasteiger charge is 2.23. The zero-order chi connectivity index (χ0) is 49.8. The lowest BCUT2D eigenvalue weighted by Crippen LogP contribution is -2.05. The lowest BCUT2D eigenvalue weighted by Gasteiger charge is -2.16. The predicted molar refractivity (Wildman–Crippen MR) is 309 cm³/mol. The molecule has 7 heterocycles. The Morgan fingerprint density at radius 2 is 0.618 bits per heavy atom. The molecule has 0 amide bonds. The number of rotatable bonds is 7. The van der Waals surface area contributed by atoms with Crippen LogP contribution in [0.25, 0.3) is 144 Å². The summed E-state index contributed by atoms with van der Waals surface area (Å²) in [6.45, 7) is 0.